The number of aromatic carboxylic acids is 3. The Morgan fingerprint density at radius 2 is 0.900 bits per heavy atom. The molecule has 0 saturated carbocycles. The van der Waals surface area contributed by atoms with E-state index >= 15 is 0 Å². The maximum Gasteiger partial charge on any atom is 0.0973 e. The number of hydrogen-bond acceptors (Lipinski definition) is 6. The third-order valence-corrected chi connectivity index (χ3v) is 3.36. The molecule has 30 heavy (non-hydrogen) atoms. The molecule has 0 radical (unpaired) electrons. The number of nitrogens with two attached hydrogens (primary N) is 3. The molecule has 0 spiro atoms. The summed E-state index contributed by atoms with van der Waals surface area (Å²) < 4.78 is 0. The van der Waals surface area contributed by atoms with E-state index in [1.165, 1.54) is 0 Å². The Kier molecular flexibility index (Phi) is 11.2. The first kappa shape index (κ1) is 24.0. The lowest BCUT2D eigenvalue weighted by atomic mass is 10.0. The Hall–Kier alpha value is -4.05. The molecule has 9 heteroatoms. The van der Waals surface area contributed by atoms with Crippen molar-refractivity contribution in [2.45, 2.75) is 0 Å². The van der Waals surface area contributed by atoms with E-state index < -0.39 is 34.6 Å². The molecule has 3 aliphatic heterocycles. The summed E-state index contributed by atoms with van der Waals surface area (Å²) in [5, 5.41) is 37.3. The van der Waals surface area contributed by atoms with Gasteiger partial charge in [-0.3, -0.25) is 16.0 Å². The van der Waals surface area contributed by atoms with Gasteiger partial charge in [-0.05, 0) is 48.1 Å². The molecule has 0 aromatic heterocycles. The Morgan fingerprint density at radius 1 is 0.533 bits per heavy atom. The summed E-state index contributed by atoms with van der Waals surface area (Å²) in [6, 6.07) is 2.37. The lowest BCUT2D eigenvalue weighted by molar-refractivity contribution is -0.510. The number of benzene rings is 1. The van der Waals surface area contributed by atoms with Gasteiger partial charge in [0.1, 0.15) is 0 Å². The third kappa shape index (κ3) is 9.76. The normalized spacial score (nSPS) is 13.6. The Bertz CT molecular complexity index is 844. The fourth-order valence-corrected chi connectivity index (χ4v) is 1.98. The van der Waals surface area contributed by atoms with E-state index in [1.54, 1.807) is 0 Å². The first-order valence-electron chi connectivity index (χ1n) is 8.71. The molecule has 6 N–H and O–H groups in total. The fraction of sp³-hybridized carbons (Fsp3) is 0. The monoisotopic (exact) mass is 411 g/mol. The standard InChI is InChI=1S/C9H6O6.3C4H5N/c10-7(11)4-1-2-5(8(12)13)6(3-4)9(14)15;3*1-2-4-5-3-1/h1-3H,(H,10,11)(H,12,13)(H,14,15);3*1-5H. The van der Waals surface area contributed by atoms with Crippen LogP contribution in [0.2, 0.25) is 0 Å². The highest BCUT2D eigenvalue weighted by Crippen LogP contribution is 2.10. The first-order valence-corrected chi connectivity index (χ1v) is 8.71. The number of carbonyl (C=O) groups is 3. The molecule has 0 saturated heterocycles. The molecule has 156 valence electrons. The predicted octanol–water partition coefficient (Wildman–Crippen LogP) is -4.45. The van der Waals surface area contributed by atoms with Gasteiger partial charge < -0.3 is 29.7 Å². The summed E-state index contributed by atoms with van der Waals surface area (Å²) in [4.78, 5) is 31.3. The Balaban J connectivity index is 0.000000240. The molecule has 0 atom stereocenters. The van der Waals surface area contributed by atoms with Gasteiger partial charge in [-0.1, -0.05) is 12.1 Å². The molecule has 1 aromatic carbocycles. The van der Waals surface area contributed by atoms with Crippen molar-refractivity contribution in [2.75, 3.05) is 0 Å². The third-order valence-electron chi connectivity index (χ3n) is 3.36. The van der Waals surface area contributed by atoms with Crippen molar-refractivity contribution in [2.24, 2.45) is 0 Å². The van der Waals surface area contributed by atoms with Crippen LogP contribution in [0.1, 0.15) is 31.1 Å². The van der Waals surface area contributed by atoms with Gasteiger partial charge in [0.2, 0.25) is 0 Å². The fourth-order valence-electron chi connectivity index (χ4n) is 1.98. The van der Waals surface area contributed by atoms with E-state index in [1.807, 2.05) is 89.6 Å². The molecule has 0 aliphatic carbocycles. The molecule has 0 bridgehead atoms. The highest BCUT2D eigenvalue weighted by atomic mass is 16.4. The predicted molar refractivity (Wildman–Crippen MR) is 100 cm³/mol. The van der Waals surface area contributed by atoms with Crippen molar-refractivity contribution >= 4 is 17.9 Å². The molecule has 0 fully saturated rings. The van der Waals surface area contributed by atoms with E-state index in [2.05, 4.69) is 0 Å². The van der Waals surface area contributed by atoms with Gasteiger partial charge in [0.05, 0.1) is 55.1 Å². The largest absolute Gasteiger partial charge is 0.545 e. The van der Waals surface area contributed by atoms with Crippen LogP contribution in [0.25, 0.3) is 0 Å². The smallest absolute Gasteiger partial charge is 0.0973 e. The number of carboxylic acids is 3. The summed E-state index contributed by atoms with van der Waals surface area (Å²) in [6.07, 6.45) is 24.0. The average Bonchev–Trinajstić information content (AvgIpc) is 3.53. The van der Waals surface area contributed by atoms with Gasteiger partial charge in [-0.25, -0.2) is 0 Å². The number of quaternary nitrogens is 3. The molecular weight excluding hydrogens is 390 g/mol. The van der Waals surface area contributed by atoms with Crippen molar-refractivity contribution < 1.29 is 45.7 Å². The van der Waals surface area contributed by atoms with Crippen LogP contribution >= 0.6 is 0 Å². The van der Waals surface area contributed by atoms with Crippen molar-refractivity contribution in [3.63, 3.8) is 0 Å². The van der Waals surface area contributed by atoms with Gasteiger partial charge in [-0.2, -0.15) is 0 Å². The van der Waals surface area contributed by atoms with Gasteiger partial charge >= 0.3 is 0 Å². The van der Waals surface area contributed by atoms with E-state index in [-0.39, 0.29) is 0 Å². The van der Waals surface area contributed by atoms with Crippen molar-refractivity contribution in [1.29, 1.82) is 0 Å². The van der Waals surface area contributed by atoms with E-state index in [0.29, 0.717) is 6.07 Å². The van der Waals surface area contributed by atoms with Crippen molar-refractivity contribution in [3.8, 4) is 0 Å². The summed E-state index contributed by atoms with van der Waals surface area (Å²) in [5.74, 6) is -5.13. The highest BCUT2D eigenvalue weighted by molar-refractivity contribution is 6.02. The summed E-state index contributed by atoms with van der Waals surface area (Å²) in [6.45, 7) is 0. The maximum absolute atomic E-state index is 10.5. The van der Waals surface area contributed by atoms with Crippen LogP contribution in [0.15, 0.2) is 91.9 Å². The summed E-state index contributed by atoms with van der Waals surface area (Å²) >= 11 is 0. The van der Waals surface area contributed by atoms with Crippen LogP contribution in [0.3, 0.4) is 0 Å². The summed E-state index contributed by atoms with van der Waals surface area (Å²) in [5.41, 5.74) is -1.84. The maximum atomic E-state index is 10.5. The highest BCUT2D eigenvalue weighted by Gasteiger charge is 2.06. The SMILES string of the molecule is C1=C[NH2+]C=C1.C1=C[NH2+]C=C1.C1=C[NH2+]C=C1.O=C([O-])c1ccc(C(=O)[O-])c(C(=O)[O-])c1. The number of carbonyl (C=O) groups excluding carboxylic acids is 3. The molecule has 1 aromatic rings. The molecule has 3 heterocycles. The van der Waals surface area contributed by atoms with Crippen molar-refractivity contribution in [1.82, 2.24) is 0 Å². The topological polar surface area (TPSA) is 170 Å². The Morgan fingerprint density at radius 3 is 1.13 bits per heavy atom. The van der Waals surface area contributed by atoms with Gasteiger partial charge in [0.25, 0.3) is 0 Å². The molecule has 3 aliphatic rings. The number of carboxylic acid groups (broad SMARTS) is 3. The van der Waals surface area contributed by atoms with Crippen LogP contribution in [0.4, 0.5) is 0 Å². The number of rotatable bonds is 3. The second-order valence-electron chi connectivity index (χ2n) is 5.51. The van der Waals surface area contributed by atoms with Crippen LogP contribution in [0.5, 0.6) is 0 Å². The Labute approximate surface area is 172 Å². The van der Waals surface area contributed by atoms with Crippen LogP contribution < -0.4 is 31.3 Å². The summed E-state index contributed by atoms with van der Waals surface area (Å²) in [7, 11) is 0. The molecule has 0 unspecified atom stereocenters. The second-order valence-corrected chi connectivity index (χ2v) is 5.51. The van der Waals surface area contributed by atoms with Crippen LogP contribution in [0, 0.1) is 0 Å². The van der Waals surface area contributed by atoms with E-state index in [4.69, 9.17) is 0 Å². The minimum Gasteiger partial charge on any atom is -0.545 e. The van der Waals surface area contributed by atoms with E-state index in [9.17, 15) is 29.7 Å². The zero-order valence-electron chi connectivity index (χ0n) is 15.8. The van der Waals surface area contributed by atoms with Crippen molar-refractivity contribution in [3.05, 3.63) is 109 Å². The lowest BCUT2D eigenvalue weighted by Gasteiger charge is -2.13. The van der Waals surface area contributed by atoms with E-state index in [0.717, 1.165) is 12.1 Å². The van der Waals surface area contributed by atoms with Gasteiger partial charge in [-0.15, -0.1) is 0 Å². The zero-order valence-corrected chi connectivity index (χ0v) is 15.8. The molecule has 9 nitrogen and oxygen atoms in total. The first-order chi connectivity index (χ1) is 14.4. The molecular formula is C21H21N3O6. The zero-order chi connectivity index (χ0) is 22.2. The number of allylic oxidation sites excluding steroid dienone is 6. The lowest BCUT2D eigenvalue weighted by Crippen LogP contribution is -2.69. The molecule has 4 rings (SSSR count). The minimum absolute atomic E-state index is 0.445. The number of hydrogen-bond donors (Lipinski definition) is 3. The van der Waals surface area contributed by atoms with Gasteiger partial charge in [0, 0.05) is 11.1 Å². The minimum atomic E-state index is -1.79. The molecule has 0 amide bonds. The average molecular weight is 411 g/mol. The van der Waals surface area contributed by atoms with Gasteiger partial charge in [0.15, 0.2) is 0 Å². The second kappa shape index (κ2) is 14.0. The van der Waals surface area contributed by atoms with Crippen LogP contribution in [-0.2, 0) is 0 Å². The quantitative estimate of drug-likeness (QED) is 0.453. The van der Waals surface area contributed by atoms with Crippen LogP contribution in [-0.4, -0.2) is 17.9 Å².